The topological polar surface area (TPSA) is 23.5 Å². The van der Waals surface area contributed by atoms with Crippen molar-refractivity contribution in [2.45, 2.75) is 26.4 Å². The van der Waals surface area contributed by atoms with Gasteiger partial charge in [0.05, 0.1) is 0 Å². The van der Waals surface area contributed by atoms with Crippen LogP contribution in [0.4, 0.5) is 4.39 Å². The molecule has 0 aliphatic rings. The Morgan fingerprint density at radius 1 is 1.00 bits per heavy atom. The predicted molar refractivity (Wildman–Crippen MR) is 78.9 cm³/mol. The zero-order valence-corrected chi connectivity index (χ0v) is 11.7. The second-order valence-electron chi connectivity index (χ2n) is 4.97. The van der Waals surface area contributed by atoms with Crippen molar-refractivity contribution in [2.24, 2.45) is 0 Å². The third-order valence-corrected chi connectivity index (χ3v) is 3.24. The molecule has 0 amide bonds. The third kappa shape index (κ3) is 4.07. The number of phenolic OH excluding ortho intramolecular Hbond substituents is 1. The van der Waals surface area contributed by atoms with Gasteiger partial charge in [0.2, 0.25) is 0 Å². The molecule has 0 heterocycles. The van der Waals surface area contributed by atoms with Crippen molar-refractivity contribution < 1.29 is 9.50 Å². The van der Waals surface area contributed by atoms with Crippen LogP contribution in [0.2, 0.25) is 0 Å². The second kappa shape index (κ2) is 7.06. The second-order valence-corrected chi connectivity index (χ2v) is 4.97. The molecule has 20 heavy (non-hydrogen) atoms. The number of benzene rings is 2. The number of para-hydroxylation sites is 1. The van der Waals surface area contributed by atoms with Crippen molar-refractivity contribution in [1.82, 2.24) is 4.90 Å². The van der Waals surface area contributed by atoms with Gasteiger partial charge in [0.25, 0.3) is 0 Å². The highest BCUT2D eigenvalue weighted by Crippen LogP contribution is 2.19. The first-order valence-corrected chi connectivity index (χ1v) is 6.92. The van der Waals surface area contributed by atoms with Crippen LogP contribution in [0.5, 0.6) is 5.75 Å². The molecule has 3 heteroatoms. The first-order chi connectivity index (χ1) is 9.69. The van der Waals surface area contributed by atoms with Gasteiger partial charge in [-0.25, -0.2) is 4.39 Å². The van der Waals surface area contributed by atoms with Crippen LogP contribution in [0.25, 0.3) is 0 Å². The van der Waals surface area contributed by atoms with Crippen molar-refractivity contribution in [2.75, 3.05) is 6.54 Å². The normalized spacial score (nSPS) is 10.9. The van der Waals surface area contributed by atoms with E-state index in [9.17, 15) is 9.50 Å². The minimum Gasteiger partial charge on any atom is -0.508 e. The van der Waals surface area contributed by atoms with Gasteiger partial charge in [-0.05, 0) is 36.7 Å². The van der Waals surface area contributed by atoms with Gasteiger partial charge in [-0.2, -0.15) is 0 Å². The highest BCUT2D eigenvalue weighted by atomic mass is 19.1. The first kappa shape index (κ1) is 14.5. The van der Waals surface area contributed by atoms with Crippen LogP contribution in [-0.2, 0) is 13.1 Å². The van der Waals surface area contributed by atoms with Crippen LogP contribution in [-0.4, -0.2) is 16.6 Å². The summed E-state index contributed by atoms with van der Waals surface area (Å²) in [7, 11) is 0. The molecule has 0 aromatic heterocycles. The number of phenols is 1. The molecule has 2 rings (SSSR count). The Labute approximate surface area is 119 Å². The molecular weight excluding hydrogens is 253 g/mol. The van der Waals surface area contributed by atoms with Gasteiger partial charge in [-0.3, -0.25) is 4.90 Å². The largest absolute Gasteiger partial charge is 0.508 e. The fraction of sp³-hybridized carbons (Fsp3) is 0.294. The van der Waals surface area contributed by atoms with Crippen LogP contribution < -0.4 is 0 Å². The Bertz CT molecular complexity index is 539. The summed E-state index contributed by atoms with van der Waals surface area (Å²) in [6.07, 6.45) is 1.04. The van der Waals surface area contributed by atoms with E-state index in [1.807, 2.05) is 30.3 Å². The fourth-order valence-corrected chi connectivity index (χ4v) is 2.26. The van der Waals surface area contributed by atoms with Crippen molar-refractivity contribution in [3.8, 4) is 5.75 Å². The maximum atomic E-state index is 12.9. The molecule has 0 saturated heterocycles. The van der Waals surface area contributed by atoms with Gasteiger partial charge < -0.3 is 5.11 Å². The lowest BCUT2D eigenvalue weighted by Gasteiger charge is -2.22. The van der Waals surface area contributed by atoms with Gasteiger partial charge in [-0.15, -0.1) is 0 Å². The lowest BCUT2D eigenvalue weighted by Crippen LogP contribution is -2.23. The molecule has 0 radical (unpaired) electrons. The van der Waals surface area contributed by atoms with E-state index in [4.69, 9.17) is 0 Å². The number of hydrogen-bond donors (Lipinski definition) is 1. The zero-order valence-electron chi connectivity index (χ0n) is 11.7. The van der Waals surface area contributed by atoms with E-state index < -0.39 is 0 Å². The Morgan fingerprint density at radius 3 is 2.35 bits per heavy atom. The molecule has 106 valence electrons. The number of aromatic hydroxyl groups is 1. The Hall–Kier alpha value is -1.87. The van der Waals surface area contributed by atoms with Gasteiger partial charge in [-0.1, -0.05) is 37.3 Å². The van der Waals surface area contributed by atoms with Gasteiger partial charge in [0.15, 0.2) is 0 Å². The molecule has 0 atom stereocenters. The third-order valence-electron chi connectivity index (χ3n) is 3.24. The van der Waals surface area contributed by atoms with E-state index in [2.05, 4.69) is 11.8 Å². The fourth-order valence-electron chi connectivity index (χ4n) is 2.26. The highest BCUT2D eigenvalue weighted by Gasteiger charge is 2.09. The van der Waals surface area contributed by atoms with Gasteiger partial charge in [0, 0.05) is 18.7 Å². The van der Waals surface area contributed by atoms with E-state index in [-0.39, 0.29) is 5.82 Å². The number of halogens is 1. The van der Waals surface area contributed by atoms with Crippen LogP contribution in [0.1, 0.15) is 24.5 Å². The lowest BCUT2D eigenvalue weighted by molar-refractivity contribution is 0.253. The molecule has 1 N–H and O–H groups in total. The molecule has 0 spiro atoms. The monoisotopic (exact) mass is 273 g/mol. The molecule has 0 unspecified atom stereocenters. The predicted octanol–water partition coefficient (Wildman–Crippen LogP) is 3.94. The van der Waals surface area contributed by atoms with E-state index in [0.717, 1.165) is 30.6 Å². The van der Waals surface area contributed by atoms with Crippen LogP contribution in [0.15, 0.2) is 48.5 Å². The number of hydrogen-bond acceptors (Lipinski definition) is 2. The van der Waals surface area contributed by atoms with E-state index in [0.29, 0.717) is 12.3 Å². The van der Waals surface area contributed by atoms with Crippen molar-refractivity contribution in [3.63, 3.8) is 0 Å². The van der Waals surface area contributed by atoms with Crippen molar-refractivity contribution in [1.29, 1.82) is 0 Å². The van der Waals surface area contributed by atoms with Crippen molar-refractivity contribution >= 4 is 0 Å². The minimum atomic E-state index is -0.212. The Kier molecular flexibility index (Phi) is 5.13. The molecule has 0 bridgehead atoms. The maximum absolute atomic E-state index is 12.9. The summed E-state index contributed by atoms with van der Waals surface area (Å²) in [4.78, 5) is 2.25. The molecule has 0 aliphatic carbocycles. The first-order valence-electron chi connectivity index (χ1n) is 6.92. The minimum absolute atomic E-state index is 0.212. The molecule has 2 aromatic rings. The highest BCUT2D eigenvalue weighted by molar-refractivity contribution is 5.31. The van der Waals surface area contributed by atoms with Crippen molar-refractivity contribution in [3.05, 3.63) is 65.5 Å². The van der Waals surface area contributed by atoms with Crippen LogP contribution in [0, 0.1) is 5.82 Å². The van der Waals surface area contributed by atoms with Gasteiger partial charge in [0.1, 0.15) is 11.6 Å². The molecule has 0 fully saturated rings. The molecular formula is C17H20FNO. The van der Waals surface area contributed by atoms with E-state index in [1.165, 1.54) is 12.1 Å². The SMILES string of the molecule is CCCN(Cc1ccc(F)cc1)Cc1ccccc1O. The van der Waals surface area contributed by atoms with Crippen LogP contribution in [0.3, 0.4) is 0 Å². The Balaban J connectivity index is 2.07. The standard InChI is InChI=1S/C17H20FNO/c1-2-11-19(12-14-7-9-16(18)10-8-14)13-15-5-3-4-6-17(15)20/h3-10,20H,2,11-13H2,1H3. The number of nitrogens with zero attached hydrogens (tertiary/aromatic N) is 1. The average Bonchev–Trinajstić information content (AvgIpc) is 2.44. The summed E-state index contributed by atoms with van der Waals surface area (Å²) in [5, 5.41) is 9.85. The van der Waals surface area contributed by atoms with E-state index >= 15 is 0 Å². The summed E-state index contributed by atoms with van der Waals surface area (Å²) >= 11 is 0. The maximum Gasteiger partial charge on any atom is 0.123 e. The summed E-state index contributed by atoms with van der Waals surface area (Å²) in [6.45, 7) is 4.51. The summed E-state index contributed by atoms with van der Waals surface area (Å²) < 4.78 is 12.9. The summed E-state index contributed by atoms with van der Waals surface area (Å²) in [5.41, 5.74) is 2.00. The van der Waals surface area contributed by atoms with Crippen LogP contribution >= 0.6 is 0 Å². The van der Waals surface area contributed by atoms with E-state index in [1.54, 1.807) is 6.07 Å². The smallest absolute Gasteiger partial charge is 0.123 e. The molecule has 2 nitrogen and oxygen atoms in total. The summed E-state index contributed by atoms with van der Waals surface area (Å²) in [6, 6.07) is 14.0. The molecule has 0 aliphatic heterocycles. The average molecular weight is 273 g/mol. The summed E-state index contributed by atoms with van der Waals surface area (Å²) in [5.74, 6) is 0.115. The van der Waals surface area contributed by atoms with Gasteiger partial charge >= 0.3 is 0 Å². The molecule has 2 aromatic carbocycles. The quantitative estimate of drug-likeness (QED) is 0.861. The lowest BCUT2D eigenvalue weighted by atomic mass is 10.1. The molecule has 0 saturated carbocycles. The zero-order chi connectivity index (χ0) is 14.4. The Morgan fingerprint density at radius 2 is 1.70 bits per heavy atom. The number of rotatable bonds is 6.